The van der Waals surface area contributed by atoms with Gasteiger partial charge in [-0.3, -0.25) is 4.79 Å². The molecule has 0 bridgehead atoms. The first-order chi connectivity index (χ1) is 13.7. The van der Waals surface area contributed by atoms with Gasteiger partial charge in [-0.05, 0) is 72.1 Å². The SMILES string of the molecule is C=C1CCc2cc(/C=C/C(=O)N3CC4C=C(c5ccco5)CC4C3)cnc2N1. The van der Waals surface area contributed by atoms with E-state index in [-0.39, 0.29) is 5.91 Å². The lowest BCUT2D eigenvalue weighted by atomic mass is 9.99. The van der Waals surface area contributed by atoms with Crippen molar-refractivity contribution >= 4 is 23.4 Å². The summed E-state index contributed by atoms with van der Waals surface area (Å²) in [4.78, 5) is 19.1. The van der Waals surface area contributed by atoms with Gasteiger partial charge in [0.15, 0.2) is 0 Å². The molecule has 3 aliphatic rings. The number of furan rings is 1. The Hall–Kier alpha value is -3.08. The van der Waals surface area contributed by atoms with E-state index < -0.39 is 0 Å². The monoisotopic (exact) mass is 373 g/mol. The Kier molecular flexibility index (Phi) is 4.15. The summed E-state index contributed by atoms with van der Waals surface area (Å²) in [6.07, 6.45) is 12.2. The number of hydrogen-bond donors (Lipinski definition) is 1. The number of amides is 1. The maximum atomic E-state index is 12.6. The van der Waals surface area contributed by atoms with Crippen molar-refractivity contribution < 1.29 is 9.21 Å². The van der Waals surface area contributed by atoms with Crippen molar-refractivity contribution in [2.24, 2.45) is 11.8 Å². The second-order valence-electron chi connectivity index (χ2n) is 7.88. The maximum absolute atomic E-state index is 12.6. The fraction of sp³-hybridized carbons (Fsp3) is 0.304. The average Bonchev–Trinajstić information content (AvgIpc) is 3.41. The van der Waals surface area contributed by atoms with Crippen molar-refractivity contribution in [1.82, 2.24) is 9.88 Å². The van der Waals surface area contributed by atoms with E-state index in [1.54, 1.807) is 18.5 Å². The van der Waals surface area contributed by atoms with Gasteiger partial charge >= 0.3 is 0 Å². The van der Waals surface area contributed by atoms with Crippen LogP contribution in [0.4, 0.5) is 5.82 Å². The van der Waals surface area contributed by atoms with Gasteiger partial charge in [-0.1, -0.05) is 12.7 Å². The quantitative estimate of drug-likeness (QED) is 0.822. The summed E-state index contributed by atoms with van der Waals surface area (Å²) in [7, 11) is 0. The number of nitrogens with zero attached hydrogens (tertiary/aromatic N) is 2. The van der Waals surface area contributed by atoms with E-state index in [9.17, 15) is 4.79 Å². The average molecular weight is 373 g/mol. The van der Waals surface area contributed by atoms with Crippen LogP contribution in [0.5, 0.6) is 0 Å². The summed E-state index contributed by atoms with van der Waals surface area (Å²) >= 11 is 0. The minimum absolute atomic E-state index is 0.0755. The van der Waals surface area contributed by atoms with E-state index in [1.165, 1.54) is 11.1 Å². The molecule has 0 saturated carbocycles. The number of aromatic nitrogens is 1. The molecule has 5 rings (SSSR count). The van der Waals surface area contributed by atoms with Gasteiger partial charge in [0, 0.05) is 31.1 Å². The minimum atomic E-state index is 0.0755. The van der Waals surface area contributed by atoms with Gasteiger partial charge in [0.2, 0.25) is 5.91 Å². The first-order valence-electron chi connectivity index (χ1n) is 9.81. The standard InChI is InChI=1S/C23H23N3O2/c1-15-4-6-17-9-16(12-24-23(17)25-15)5-7-22(27)26-13-19-10-18(11-20(19)14-26)21-3-2-8-28-21/h2-3,5,7-10,12,19-20H,1,4,6,11,13-14H2,(H,24,25)/b7-5+. The van der Waals surface area contributed by atoms with Crippen molar-refractivity contribution in [3.63, 3.8) is 0 Å². The molecule has 1 fully saturated rings. The molecule has 1 amide bonds. The van der Waals surface area contributed by atoms with E-state index >= 15 is 0 Å². The lowest BCUT2D eigenvalue weighted by Crippen LogP contribution is -2.27. The third-order valence-corrected chi connectivity index (χ3v) is 5.94. The van der Waals surface area contributed by atoms with Crippen LogP contribution in [0, 0.1) is 11.8 Å². The van der Waals surface area contributed by atoms with Gasteiger partial charge < -0.3 is 14.6 Å². The molecule has 1 aliphatic carbocycles. The topological polar surface area (TPSA) is 58.4 Å². The molecule has 5 nitrogen and oxygen atoms in total. The molecule has 2 unspecified atom stereocenters. The molecule has 1 N–H and O–H groups in total. The van der Waals surface area contributed by atoms with Crippen molar-refractivity contribution in [1.29, 1.82) is 0 Å². The number of allylic oxidation sites excluding steroid dienone is 2. The van der Waals surface area contributed by atoms with E-state index in [1.807, 2.05) is 23.1 Å². The number of fused-ring (bicyclic) bond motifs is 2. The van der Waals surface area contributed by atoms with Crippen LogP contribution in [0.3, 0.4) is 0 Å². The van der Waals surface area contributed by atoms with Gasteiger partial charge in [-0.2, -0.15) is 0 Å². The number of rotatable bonds is 3. The van der Waals surface area contributed by atoms with Crippen molar-refractivity contribution in [3.8, 4) is 0 Å². The van der Waals surface area contributed by atoms with Crippen LogP contribution in [0.15, 0.2) is 59.5 Å². The lowest BCUT2D eigenvalue weighted by molar-refractivity contribution is -0.125. The van der Waals surface area contributed by atoms with Gasteiger partial charge in [-0.15, -0.1) is 0 Å². The van der Waals surface area contributed by atoms with Crippen LogP contribution in [-0.4, -0.2) is 28.9 Å². The molecule has 2 aromatic rings. The fourth-order valence-electron chi connectivity index (χ4n) is 4.45. The number of anilines is 1. The molecule has 0 spiro atoms. The highest BCUT2D eigenvalue weighted by atomic mass is 16.3. The van der Waals surface area contributed by atoms with Gasteiger partial charge in [0.25, 0.3) is 0 Å². The molecule has 142 valence electrons. The summed E-state index contributed by atoms with van der Waals surface area (Å²) < 4.78 is 5.51. The Morgan fingerprint density at radius 2 is 2.29 bits per heavy atom. The smallest absolute Gasteiger partial charge is 0.246 e. The fourth-order valence-corrected chi connectivity index (χ4v) is 4.45. The molecule has 0 aromatic carbocycles. The molecule has 1 saturated heterocycles. The minimum Gasteiger partial charge on any atom is -0.465 e. The zero-order chi connectivity index (χ0) is 19.1. The molecular weight excluding hydrogens is 350 g/mol. The molecule has 5 heteroatoms. The highest BCUT2D eigenvalue weighted by molar-refractivity contribution is 5.92. The normalized spacial score (nSPS) is 23.5. The largest absolute Gasteiger partial charge is 0.465 e. The summed E-state index contributed by atoms with van der Waals surface area (Å²) in [6, 6.07) is 6.03. The lowest BCUT2D eigenvalue weighted by Gasteiger charge is -2.19. The molecule has 2 atom stereocenters. The van der Waals surface area contributed by atoms with Crippen LogP contribution in [-0.2, 0) is 11.2 Å². The van der Waals surface area contributed by atoms with Gasteiger partial charge in [0.05, 0.1) is 6.26 Å². The third kappa shape index (κ3) is 3.17. The molecule has 0 radical (unpaired) electrons. The summed E-state index contributed by atoms with van der Waals surface area (Å²) in [5, 5.41) is 3.22. The van der Waals surface area contributed by atoms with Crippen molar-refractivity contribution in [2.45, 2.75) is 19.3 Å². The van der Waals surface area contributed by atoms with E-state index in [0.29, 0.717) is 11.8 Å². The number of nitrogens with one attached hydrogen (secondary N) is 1. The number of carbonyl (C=O) groups is 1. The third-order valence-electron chi connectivity index (χ3n) is 5.94. The van der Waals surface area contributed by atoms with Crippen LogP contribution < -0.4 is 5.32 Å². The highest BCUT2D eigenvalue weighted by Gasteiger charge is 2.38. The Morgan fingerprint density at radius 3 is 3.11 bits per heavy atom. The Morgan fingerprint density at radius 1 is 1.36 bits per heavy atom. The van der Waals surface area contributed by atoms with Gasteiger partial charge in [0.1, 0.15) is 11.6 Å². The summed E-state index contributed by atoms with van der Waals surface area (Å²) in [6.45, 7) is 5.55. The van der Waals surface area contributed by atoms with Crippen molar-refractivity contribution in [3.05, 3.63) is 72.0 Å². The van der Waals surface area contributed by atoms with Crippen LogP contribution >= 0.6 is 0 Å². The Bertz CT molecular complexity index is 987. The van der Waals surface area contributed by atoms with Crippen molar-refractivity contribution in [2.75, 3.05) is 18.4 Å². The number of hydrogen-bond acceptors (Lipinski definition) is 4. The second kappa shape index (κ2) is 6.82. The molecule has 2 aromatic heterocycles. The molecule has 4 heterocycles. The predicted octanol–water partition coefficient (Wildman–Crippen LogP) is 4.12. The van der Waals surface area contributed by atoms with Crippen LogP contribution in [0.1, 0.15) is 29.7 Å². The molecule has 2 aliphatic heterocycles. The zero-order valence-corrected chi connectivity index (χ0v) is 15.7. The van der Waals surface area contributed by atoms with Crippen LogP contribution in [0.25, 0.3) is 11.6 Å². The summed E-state index contributed by atoms with van der Waals surface area (Å²) in [5.41, 5.74) is 4.41. The van der Waals surface area contributed by atoms with E-state index in [4.69, 9.17) is 4.42 Å². The van der Waals surface area contributed by atoms with E-state index in [2.05, 4.69) is 29.0 Å². The second-order valence-corrected chi connectivity index (χ2v) is 7.88. The van der Waals surface area contributed by atoms with E-state index in [0.717, 1.165) is 55.2 Å². The Labute approximate surface area is 164 Å². The number of aryl methyl sites for hydroxylation is 1. The van der Waals surface area contributed by atoms with Crippen LogP contribution in [0.2, 0.25) is 0 Å². The summed E-state index contributed by atoms with van der Waals surface area (Å²) in [5.74, 6) is 2.85. The zero-order valence-electron chi connectivity index (χ0n) is 15.7. The first-order valence-corrected chi connectivity index (χ1v) is 9.81. The highest BCUT2D eigenvalue weighted by Crippen LogP contribution is 2.41. The molecular formula is C23H23N3O2. The Balaban J connectivity index is 1.23. The first kappa shape index (κ1) is 17.0. The number of likely N-dealkylation sites (tertiary alicyclic amines) is 1. The van der Waals surface area contributed by atoms with Gasteiger partial charge in [-0.25, -0.2) is 4.98 Å². The number of pyridine rings is 1. The maximum Gasteiger partial charge on any atom is 0.246 e. The predicted molar refractivity (Wildman–Crippen MR) is 109 cm³/mol. The molecule has 28 heavy (non-hydrogen) atoms. The number of carbonyl (C=O) groups excluding carboxylic acids is 1.